The molecule has 21 heavy (non-hydrogen) atoms. The van der Waals surface area contributed by atoms with Crippen molar-refractivity contribution < 1.29 is 0 Å². The van der Waals surface area contributed by atoms with Crippen molar-refractivity contribution in [2.45, 2.75) is 26.8 Å². The lowest BCUT2D eigenvalue weighted by Gasteiger charge is -2.18. The summed E-state index contributed by atoms with van der Waals surface area (Å²) in [7, 11) is 0. The van der Waals surface area contributed by atoms with E-state index in [2.05, 4.69) is 49.6 Å². The summed E-state index contributed by atoms with van der Waals surface area (Å²) < 4.78 is 0. The Bertz CT molecular complexity index is 655. The number of thiocarbonyl (C=S) groups is 1. The lowest BCUT2D eigenvalue weighted by Crippen LogP contribution is -2.31. The molecule has 0 saturated carbocycles. The average Bonchev–Trinajstić information content (AvgIpc) is 2.42. The number of anilines is 1. The summed E-state index contributed by atoms with van der Waals surface area (Å²) in [6, 6.07) is 14.1. The number of halogens is 1. The molecule has 1 atom stereocenters. The Kier molecular flexibility index (Phi) is 5.21. The van der Waals surface area contributed by atoms with Crippen LogP contribution in [0.4, 0.5) is 5.69 Å². The molecule has 0 aliphatic carbocycles. The first-order valence-electron chi connectivity index (χ1n) is 6.86. The maximum atomic E-state index is 6.02. The Morgan fingerprint density at radius 2 is 1.90 bits per heavy atom. The molecule has 2 aromatic carbocycles. The Morgan fingerprint density at radius 3 is 2.62 bits per heavy atom. The number of rotatable bonds is 3. The highest BCUT2D eigenvalue weighted by atomic mass is 35.5. The first-order valence-corrected chi connectivity index (χ1v) is 7.64. The Balaban J connectivity index is 2.03. The molecule has 2 N–H and O–H groups in total. The van der Waals surface area contributed by atoms with E-state index in [4.69, 9.17) is 23.8 Å². The smallest absolute Gasteiger partial charge is 0.171 e. The first kappa shape index (κ1) is 15.8. The summed E-state index contributed by atoms with van der Waals surface area (Å²) in [5.74, 6) is 0. The third kappa shape index (κ3) is 4.45. The zero-order chi connectivity index (χ0) is 15.4. The van der Waals surface area contributed by atoms with Crippen LogP contribution in [-0.2, 0) is 0 Å². The quantitative estimate of drug-likeness (QED) is 0.778. The van der Waals surface area contributed by atoms with Crippen molar-refractivity contribution in [1.29, 1.82) is 0 Å². The van der Waals surface area contributed by atoms with Crippen molar-refractivity contribution in [3.63, 3.8) is 0 Å². The van der Waals surface area contributed by atoms with Crippen LogP contribution in [0.5, 0.6) is 0 Å². The molecule has 0 bridgehead atoms. The number of hydrogen-bond donors (Lipinski definition) is 2. The fourth-order valence-electron chi connectivity index (χ4n) is 2.08. The van der Waals surface area contributed by atoms with Crippen LogP contribution in [0.1, 0.15) is 29.7 Å². The van der Waals surface area contributed by atoms with E-state index in [-0.39, 0.29) is 6.04 Å². The van der Waals surface area contributed by atoms with Gasteiger partial charge < -0.3 is 10.6 Å². The average molecular weight is 319 g/mol. The van der Waals surface area contributed by atoms with Crippen LogP contribution in [-0.4, -0.2) is 5.11 Å². The molecule has 0 saturated heterocycles. The van der Waals surface area contributed by atoms with Gasteiger partial charge in [0.1, 0.15) is 0 Å². The number of benzene rings is 2. The van der Waals surface area contributed by atoms with Gasteiger partial charge in [-0.2, -0.15) is 0 Å². The van der Waals surface area contributed by atoms with Gasteiger partial charge in [0.25, 0.3) is 0 Å². The molecular formula is C17H19ClN2S. The van der Waals surface area contributed by atoms with Gasteiger partial charge in [-0.15, -0.1) is 0 Å². The molecule has 4 heteroatoms. The van der Waals surface area contributed by atoms with Gasteiger partial charge in [-0.1, -0.05) is 35.9 Å². The molecular weight excluding hydrogens is 300 g/mol. The fourth-order valence-corrected chi connectivity index (χ4v) is 2.57. The number of aryl methyl sites for hydroxylation is 2. The van der Waals surface area contributed by atoms with Gasteiger partial charge in [0.2, 0.25) is 0 Å². The molecule has 0 aliphatic heterocycles. The van der Waals surface area contributed by atoms with Gasteiger partial charge in [0.15, 0.2) is 5.11 Å². The molecule has 0 amide bonds. The second kappa shape index (κ2) is 6.92. The van der Waals surface area contributed by atoms with Gasteiger partial charge in [-0.05, 0) is 67.9 Å². The summed E-state index contributed by atoms with van der Waals surface area (Å²) in [4.78, 5) is 0. The maximum absolute atomic E-state index is 6.02. The third-order valence-corrected chi connectivity index (χ3v) is 3.79. The zero-order valence-electron chi connectivity index (χ0n) is 12.4. The molecule has 0 unspecified atom stereocenters. The van der Waals surface area contributed by atoms with E-state index in [9.17, 15) is 0 Å². The van der Waals surface area contributed by atoms with E-state index < -0.39 is 0 Å². The van der Waals surface area contributed by atoms with Gasteiger partial charge in [-0.3, -0.25) is 0 Å². The minimum absolute atomic E-state index is 0.0915. The van der Waals surface area contributed by atoms with Crippen LogP contribution in [0.15, 0.2) is 42.5 Å². The monoisotopic (exact) mass is 318 g/mol. The lowest BCUT2D eigenvalue weighted by atomic mass is 10.1. The molecule has 2 nitrogen and oxygen atoms in total. The van der Waals surface area contributed by atoms with Gasteiger partial charge in [0, 0.05) is 10.7 Å². The highest BCUT2D eigenvalue weighted by Gasteiger charge is 2.08. The fraction of sp³-hybridized carbons (Fsp3) is 0.235. The second-order valence-electron chi connectivity index (χ2n) is 5.19. The standard InChI is InChI=1S/C17H19ClN2S/c1-11-7-8-12(2)16(9-11)20-17(21)19-13(3)14-5-4-6-15(18)10-14/h4-10,13H,1-3H3,(H2,19,20,21)/t13-/m1/s1. The van der Waals surface area contributed by atoms with Crippen LogP contribution in [0, 0.1) is 13.8 Å². The normalized spacial score (nSPS) is 11.8. The Hall–Kier alpha value is -1.58. The van der Waals surface area contributed by atoms with Crippen LogP contribution < -0.4 is 10.6 Å². The molecule has 2 aromatic rings. The van der Waals surface area contributed by atoms with Gasteiger partial charge >= 0.3 is 0 Å². The molecule has 0 aliphatic rings. The van der Waals surface area contributed by atoms with Crippen molar-refractivity contribution >= 4 is 34.6 Å². The molecule has 0 spiro atoms. The topological polar surface area (TPSA) is 24.1 Å². The van der Waals surface area contributed by atoms with E-state index in [1.54, 1.807) is 0 Å². The summed E-state index contributed by atoms with van der Waals surface area (Å²) in [5.41, 5.74) is 4.51. The second-order valence-corrected chi connectivity index (χ2v) is 6.04. The minimum atomic E-state index is 0.0915. The van der Waals surface area contributed by atoms with Crippen LogP contribution in [0.2, 0.25) is 5.02 Å². The first-order chi connectivity index (χ1) is 9.95. The zero-order valence-corrected chi connectivity index (χ0v) is 14.0. The van der Waals surface area contributed by atoms with Crippen molar-refractivity contribution in [2.75, 3.05) is 5.32 Å². The van der Waals surface area contributed by atoms with Crippen LogP contribution in [0.25, 0.3) is 0 Å². The largest absolute Gasteiger partial charge is 0.356 e. The van der Waals surface area contributed by atoms with Crippen molar-refractivity contribution in [3.05, 3.63) is 64.2 Å². The summed E-state index contributed by atoms with van der Waals surface area (Å²) in [6.07, 6.45) is 0. The van der Waals surface area contributed by atoms with E-state index in [1.165, 1.54) is 11.1 Å². The third-order valence-electron chi connectivity index (χ3n) is 3.34. The SMILES string of the molecule is Cc1ccc(C)c(NC(=S)N[C@H](C)c2cccc(Cl)c2)c1. The number of hydrogen-bond acceptors (Lipinski definition) is 1. The minimum Gasteiger partial charge on any atom is -0.356 e. The Morgan fingerprint density at radius 1 is 1.14 bits per heavy atom. The lowest BCUT2D eigenvalue weighted by molar-refractivity contribution is 0.722. The molecule has 0 heterocycles. The molecule has 110 valence electrons. The summed E-state index contributed by atoms with van der Waals surface area (Å²) in [5, 5.41) is 7.87. The molecule has 0 radical (unpaired) electrons. The van der Waals surface area contributed by atoms with Crippen LogP contribution >= 0.6 is 23.8 Å². The number of nitrogens with one attached hydrogen (secondary N) is 2. The molecule has 0 fully saturated rings. The van der Waals surface area contributed by atoms with Crippen molar-refractivity contribution in [1.82, 2.24) is 5.32 Å². The molecule has 2 rings (SSSR count). The van der Waals surface area contributed by atoms with Gasteiger partial charge in [-0.25, -0.2) is 0 Å². The van der Waals surface area contributed by atoms with E-state index in [0.717, 1.165) is 16.3 Å². The Labute approximate surface area is 136 Å². The predicted molar refractivity (Wildman–Crippen MR) is 95.1 cm³/mol. The highest BCUT2D eigenvalue weighted by molar-refractivity contribution is 7.80. The van der Waals surface area contributed by atoms with E-state index >= 15 is 0 Å². The summed E-state index contributed by atoms with van der Waals surface area (Å²) in [6.45, 7) is 6.18. The van der Waals surface area contributed by atoms with E-state index in [0.29, 0.717) is 5.11 Å². The van der Waals surface area contributed by atoms with Crippen molar-refractivity contribution in [3.8, 4) is 0 Å². The molecule has 0 aromatic heterocycles. The predicted octanol–water partition coefficient (Wildman–Crippen LogP) is 5.00. The van der Waals surface area contributed by atoms with Crippen LogP contribution in [0.3, 0.4) is 0 Å². The maximum Gasteiger partial charge on any atom is 0.171 e. The summed E-state index contributed by atoms with van der Waals surface area (Å²) >= 11 is 11.4. The van der Waals surface area contributed by atoms with E-state index in [1.807, 2.05) is 24.3 Å². The van der Waals surface area contributed by atoms with Crippen molar-refractivity contribution in [2.24, 2.45) is 0 Å². The van der Waals surface area contributed by atoms with Gasteiger partial charge in [0.05, 0.1) is 6.04 Å². The highest BCUT2D eigenvalue weighted by Crippen LogP contribution is 2.19.